The molecule has 0 spiro atoms. The molecule has 2 aromatic heterocycles. The number of rotatable bonds is 4. The van der Waals surface area contributed by atoms with Crippen LogP contribution < -0.4 is 5.32 Å². The van der Waals surface area contributed by atoms with Crippen LogP contribution in [0.2, 0.25) is 0 Å². The van der Waals surface area contributed by atoms with Crippen LogP contribution in [0.15, 0.2) is 29.9 Å². The maximum Gasteiger partial charge on any atom is 0.0860 e. The maximum atomic E-state index is 4.43. The summed E-state index contributed by atoms with van der Waals surface area (Å²) in [5.41, 5.74) is 1.93. The van der Waals surface area contributed by atoms with Crippen molar-refractivity contribution < 1.29 is 0 Å². The molecule has 0 aliphatic rings. The monoisotopic (exact) mass is 233 g/mol. The van der Waals surface area contributed by atoms with Gasteiger partial charge in [0.2, 0.25) is 0 Å². The highest BCUT2D eigenvalue weighted by Crippen LogP contribution is 2.23. The van der Waals surface area contributed by atoms with E-state index in [1.165, 1.54) is 4.88 Å². The van der Waals surface area contributed by atoms with Crippen LogP contribution in [-0.4, -0.2) is 16.5 Å². The predicted molar refractivity (Wildman–Crippen MR) is 66.6 cm³/mol. The molecule has 2 aromatic rings. The Morgan fingerprint density at radius 1 is 1.38 bits per heavy atom. The van der Waals surface area contributed by atoms with Crippen molar-refractivity contribution in [1.82, 2.24) is 15.3 Å². The summed E-state index contributed by atoms with van der Waals surface area (Å²) in [6.45, 7) is 4.96. The van der Waals surface area contributed by atoms with E-state index in [0.717, 1.165) is 17.9 Å². The molecule has 0 fully saturated rings. The van der Waals surface area contributed by atoms with E-state index in [2.05, 4.69) is 39.7 Å². The van der Waals surface area contributed by atoms with Crippen LogP contribution >= 0.6 is 11.3 Å². The zero-order valence-corrected chi connectivity index (χ0v) is 10.3. The summed E-state index contributed by atoms with van der Waals surface area (Å²) >= 11 is 1.74. The molecule has 0 radical (unpaired) electrons. The molecular formula is C12H15N3S. The van der Waals surface area contributed by atoms with E-state index >= 15 is 0 Å². The van der Waals surface area contributed by atoms with E-state index in [-0.39, 0.29) is 6.04 Å². The van der Waals surface area contributed by atoms with E-state index < -0.39 is 0 Å². The third-order valence-electron chi connectivity index (χ3n) is 2.33. The smallest absolute Gasteiger partial charge is 0.0860 e. The van der Waals surface area contributed by atoms with Crippen molar-refractivity contribution in [3.63, 3.8) is 0 Å². The summed E-state index contributed by atoms with van der Waals surface area (Å²) in [6.07, 6.45) is 3.66. The van der Waals surface area contributed by atoms with Gasteiger partial charge in [0, 0.05) is 11.1 Å². The Hall–Kier alpha value is -1.26. The minimum atomic E-state index is 0.165. The van der Waals surface area contributed by atoms with Gasteiger partial charge in [0.1, 0.15) is 0 Å². The molecule has 1 N–H and O–H groups in total. The molecule has 84 valence electrons. The molecule has 0 saturated heterocycles. The highest BCUT2D eigenvalue weighted by atomic mass is 32.1. The molecule has 4 heteroatoms. The Bertz CT molecular complexity index is 422. The van der Waals surface area contributed by atoms with Gasteiger partial charge < -0.3 is 5.32 Å². The molecule has 3 nitrogen and oxygen atoms in total. The van der Waals surface area contributed by atoms with Gasteiger partial charge in [0.15, 0.2) is 0 Å². The lowest BCUT2D eigenvalue weighted by Gasteiger charge is -2.15. The largest absolute Gasteiger partial charge is 0.305 e. The van der Waals surface area contributed by atoms with Gasteiger partial charge in [-0.2, -0.15) is 0 Å². The molecular weight excluding hydrogens is 218 g/mol. The van der Waals surface area contributed by atoms with Crippen LogP contribution in [0.3, 0.4) is 0 Å². The first-order chi connectivity index (χ1) is 7.81. The summed E-state index contributed by atoms with van der Waals surface area (Å²) in [7, 11) is 0. The molecule has 0 aromatic carbocycles. The van der Waals surface area contributed by atoms with Gasteiger partial charge in [0.05, 0.1) is 23.6 Å². The van der Waals surface area contributed by atoms with Gasteiger partial charge in [-0.15, -0.1) is 11.3 Å². The lowest BCUT2D eigenvalue weighted by molar-refractivity contribution is 0.620. The van der Waals surface area contributed by atoms with Gasteiger partial charge in [-0.1, -0.05) is 13.0 Å². The molecule has 0 saturated carbocycles. The van der Waals surface area contributed by atoms with E-state index in [0.29, 0.717) is 0 Å². The van der Waals surface area contributed by atoms with E-state index in [1.807, 2.05) is 19.3 Å². The minimum absolute atomic E-state index is 0.165. The number of thiophene rings is 1. The second-order valence-corrected chi connectivity index (χ2v) is 4.57. The van der Waals surface area contributed by atoms with Crippen LogP contribution in [0, 0.1) is 6.92 Å². The van der Waals surface area contributed by atoms with Gasteiger partial charge >= 0.3 is 0 Å². The second-order valence-electron chi connectivity index (χ2n) is 3.59. The van der Waals surface area contributed by atoms with Gasteiger partial charge in [-0.3, -0.25) is 9.97 Å². The first kappa shape index (κ1) is 11.2. The first-order valence-corrected chi connectivity index (χ1v) is 6.24. The summed E-state index contributed by atoms with van der Waals surface area (Å²) in [5, 5.41) is 5.51. The quantitative estimate of drug-likeness (QED) is 0.882. The van der Waals surface area contributed by atoms with Gasteiger partial charge in [-0.05, 0) is 24.9 Å². The van der Waals surface area contributed by atoms with Crippen molar-refractivity contribution in [2.24, 2.45) is 0 Å². The number of hydrogen-bond acceptors (Lipinski definition) is 4. The molecule has 0 aliphatic heterocycles. The summed E-state index contributed by atoms with van der Waals surface area (Å²) in [4.78, 5) is 10.0. The molecule has 2 rings (SSSR count). The maximum absolute atomic E-state index is 4.43. The zero-order chi connectivity index (χ0) is 11.4. The fraction of sp³-hybridized carbons (Fsp3) is 0.333. The summed E-state index contributed by atoms with van der Waals surface area (Å²) < 4.78 is 0. The van der Waals surface area contributed by atoms with Crippen LogP contribution in [0.1, 0.15) is 29.2 Å². The third kappa shape index (κ3) is 2.46. The Labute approximate surface area is 99.6 Å². The standard InChI is InChI=1S/C12H15N3S/c1-3-13-12(11-5-4-6-16-11)10-8-14-9(2)7-15-10/h4-8,12-13H,3H2,1-2H3. The van der Waals surface area contributed by atoms with Crippen molar-refractivity contribution in [3.8, 4) is 0 Å². The predicted octanol–water partition coefficient (Wildman–Crippen LogP) is 2.55. The van der Waals surface area contributed by atoms with Gasteiger partial charge in [0.25, 0.3) is 0 Å². The SMILES string of the molecule is CCNC(c1cnc(C)cn1)c1cccs1. The van der Waals surface area contributed by atoms with Crippen molar-refractivity contribution in [1.29, 1.82) is 0 Å². The lowest BCUT2D eigenvalue weighted by Crippen LogP contribution is -2.22. The molecule has 16 heavy (non-hydrogen) atoms. The third-order valence-corrected chi connectivity index (χ3v) is 3.27. The van der Waals surface area contributed by atoms with Crippen molar-refractivity contribution >= 4 is 11.3 Å². The number of nitrogens with zero attached hydrogens (tertiary/aromatic N) is 2. The van der Waals surface area contributed by atoms with Gasteiger partial charge in [-0.25, -0.2) is 0 Å². The molecule has 1 unspecified atom stereocenters. The van der Waals surface area contributed by atoms with Crippen LogP contribution in [-0.2, 0) is 0 Å². The van der Waals surface area contributed by atoms with E-state index in [1.54, 1.807) is 11.3 Å². The Morgan fingerprint density at radius 2 is 2.25 bits per heavy atom. The highest BCUT2D eigenvalue weighted by Gasteiger charge is 2.15. The molecule has 1 atom stereocenters. The Balaban J connectivity index is 2.29. The van der Waals surface area contributed by atoms with Crippen LogP contribution in [0.25, 0.3) is 0 Å². The van der Waals surface area contributed by atoms with Crippen LogP contribution in [0.4, 0.5) is 0 Å². The average molecular weight is 233 g/mol. The van der Waals surface area contributed by atoms with Crippen LogP contribution in [0.5, 0.6) is 0 Å². The minimum Gasteiger partial charge on any atom is -0.305 e. The summed E-state index contributed by atoms with van der Waals surface area (Å²) in [5.74, 6) is 0. The number of nitrogens with one attached hydrogen (secondary N) is 1. The van der Waals surface area contributed by atoms with Crippen molar-refractivity contribution in [3.05, 3.63) is 46.2 Å². The fourth-order valence-electron chi connectivity index (χ4n) is 1.56. The molecule has 0 amide bonds. The molecule has 0 bridgehead atoms. The number of aromatic nitrogens is 2. The van der Waals surface area contributed by atoms with E-state index in [4.69, 9.17) is 0 Å². The Kier molecular flexibility index (Phi) is 3.64. The second kappa shape index (κ2) is 5.18. The lowest BCUT2D eigenvalue weighted by atomic mass is 10.2. The average Bonchev–Trinajstić information content (AvgIpc) is 2.81. The zero-order valence-electron chi connectivity index (χ0n) is 9.47. The van der Waals surface area contributed by atoms with Crippen molar-refractivity contribution in [2.45, 2.75) is 19.9 Å². The van der Waals surface area contributed by atoms with Crippen molar-refractivity contribution in [2.75, 3.05) is 6.54 Å². The summed E-state index contributed by atoms with van der Waals surface area (Å²) in [6, 6.07) is 4.35. The highest BCUT2D eigenvalue weighted by molar-refractivity contribution is 7.10. The Morgan fingerprint density at radius 3 is 2.81 bits per heavy atom. The number of aryl methyl sites for hydroxylation is 1. The number of hydrogen-bond donors (Lipinski definition) is 1. The topological polar surface area (TPSA) is 37.8 Å². The van der Waals surface area contributed by atoms with E-state index in [9.17, 15) is 0 Å². The first-order valence-electron chi connectivity index (χ1n) is 5.36. The fourth-order valence-corrected chi connectivity index (χ4v) is 2.37. The molecule has 2 heterocycles. The molecule has 0 aliphatic carbocycles. The normalized spacial score (nSPS) is 12.6.